The highest BCUT2D eigenvalue weighted by Crippen LogP contribution is 2.21. The van der Waals surface area contributed by atoms with Crippen LogP contribution >= 0.6 is 0 Å². The minimum absolute atomic E-state index is 0.0408. The fourth-order valence-electron chi connectivity index (χ4n) is 1.70. The third kappa shape index (κ3) is 1.80. The molecule has 0 aliphatic rings. The average Bonchev–Trinajstić information content (AvgIpc) is 2.94. The maximum Gasteiger partial charge on any atom is 0.512 e. The number of rotatable bonds is 2. The first-order valence-corrected chi connectivity index (χ1v) is 5.16. The Morgan fingerprint density at radius 2 is 2.22 bits per heavy atom. The number of carbonyl (C=O) groups is 1. The van der Waals surface area contributed by atoms with Crippen molar-refractivity contribution in [1.29, 1.82) is 0 Å². The second kappa shape index (κ2) is 3.92. The van der Waals surface area contributed by atoms with Crippen LogP contribution < -0.4 is 4.74 Å². The number of pyridine rings is 1. The molecule has 0 atom stereocenters. The number of aromatic nitrogens is 2. The molecule has 18 heavy (non-hydrogen) atoms. The first kappa shape index (κ1) is 10.4. The summed E-state index contributed by atoms with van der Waals surface area (Å²) in [5.74, 6) is 0.769. The second-order valence-corrected chi connectivity index (χ2v) is 3.61. The summed E-state index contributed by atoms with van der Waals surface area (Å²) < 4.78 is 11.4. The minimum Gasteiger partial charge on any atom is -0.464 e. The Bertz CT molecular complexity index is 700. The molecule has 0 fully saturated rings. The molecule has 0 aromatic carbocycles. The molecule has 1 N–H and O–H groups in total. The molecule has 6 nitrogen and oxygen atoms in total. The summed E-state index contributed by atoms with van der Waals surface area (Å²) in [6, 6.07) is 7.23. The zero-order valence-electron chi connectivity index (χ0n) is 9.11. The summed E-state index contributed by atoms with van der Waals surface area (Å²) in [5.41, 5.74) is 1.47. The van der Waals surface area contributed by atoms with Crippen molar-refractivity contribution in [1.82, 2.24) is 9.38 Å². The lowest BCUT2D eigenvalue weighted by molar-refractivity contribution is 0.143. The van der Waals surface area contributed by atoms with Crippen molar-refractivity contribution in [3.8, 4) is 17.2 Å². The number of nitrogens with zero attached hydrogens (tertiary/aromatic N) is 2. The Morgan fingerprint density at radius 1 is 1.33 bits per heavy atom. The molecule has 0 unspecified atom stereocenters. The van der Waals surface area contributed by atoms with E-state index in [1.54, 1.807) is 29.0 Å². The van der Waals surface area contributed by atoms with Gasteiger partial charge in [-0.2, -0.15) is 4.98 Å². The van der Waals surface area contributed by atoms with Gasteiger partial charge in [0.15, 0.2) is 0 Å². The maximum atomic E-state index is 10.4. The van der Waals surface area contributed by atoms with E-state index in [4.69, 9.17) is 9.52 Å². The molecule has 0 spiro atoms. The molecule has 3 rings (SSSR count). The van der Waals surface area contributed by atoms with Gasteiger partial charge in [-0.15, -0.1) is 0 Å². The predicted molar refractivity (Wildman–Crippen MR) is 61.5 cm³/mol. The van der Waals surface area contributed by atoms with Crippen LogP contribution in [0.25, 0.3) is 17.0 Å². The molecule has 0 aliphatic heterocycles. The standard InChI is InChI=1S/C12H8N2O4/c15-12(16)18-11-7-14-6-8(3-4-10(14)13-11)9-2-1-5-17-9/h1-7H,(H,15,16). The average molecular weight is 244 g/mol. The van der Waals surface area contributed by atoms with Gasteiger partial charge >= 0.3 is 6.16 Å². The van der Waals surface area contributed by atoms with E-state index in [9.17, 15) is 4.79 Å². The van der Waals surface area contributed by atoms with Crippen LogP contribution in [-0.4, -0.2) is 20.6 Å². The van der Waals surface area contributed by atoms with E-state index < -0.39 is 6.16 Å². The van der Waals surface area contributed by atoms with Gasteiger partial charge in [-0.25, -0.2) is 4.79 Å². The molecule has 0 aliphatic carbocycles. The third-order valence-corrected chi connectivity index (χ3v) is 2.43. The van der Waals surface area contributed by atoms with Crippen LogP contribution in [0.5, 0.6) is 5.88 Å². The molecule has 0 radical (unpaired) electrons. The maximum absolute atomic E-state index is 10.4. The summed E-state index contributed by atoms with van der Waals surface area (Å²) in [5, 5.41) is 8.51. The summed E-state index contributed by atoms with van der Waals surface area (Å²) >= 11 is 0. The zero-order valence-corrected chi connectivity index (χ0v) is 9.11. The first-order chi connectivity index (χ1) is 8.72. The molecule has 90 valence electrons. The van der Waals surface area contributed by atoms with E-state index in [1.165, 1.54) is 6.20 Å². The smallest absolute Gasteiger partial charge is 0.464 e. The highest BCUT2D eigenvalue weighted by atomic mass is 16.7. The molecule has 0 bridgehead atoms. The van der Waals surface area contributed by atoms with Crippen LogP contribution in [0.15, 0.2) is 47.3 Å². The second-order valence-electron chi connectivity index (χ2n) is 3.61. The molecule has 3 aromatic rings. The number of carboxylic acid groups (broad SMARTS) is 1. The lowest BCUT2D eigenvalue weighted by Gasteiger charge is -1.97. The quantitative estimate of drug-likeness (QED) is 0.701. The van der Waals surface area contributed by atoms with E-state index in [1.807, 2.05) is 12.1 Å². The normalized spacial score (nSPS) is 10.7. The number of hydrogen-bond acceptors (Lipinski definition) is 4. The lowest BCUT2D eigenvalue weighted by Crippen LogP contribution is -2.02. The number of ether oxygens (including phenoxy) is 1. The fraction of sp³-hybridized carbons (Fsp3) is 0. The SMILES string of the molecule is O=C(O)Oc1cn2cc(-c3ccco3)ccc2n1. The van der Waals surface area contributed by atoms with Gasteiger partial charge < -0.3 is 18.7 Å². The van der Waals surface area contributed by atoms with E-state index in [0.29, 0.717) is 5.65 Å². The van der Waals surface area contributed by atoms with Gasteiger partial charge in [-0.05, 0) is 24.3 Å². The Morgan fingerprint density at radius 3 is 2.94 bits per heavy atom. The van der Waals surface area contributed by atoms with E-state index in [2.05, 4.69) is 9.72 Å². The Hall–Kier alpha value is -2.76. The number of imidazole rings is 1. The summed E-state index contributed by atoms with van der Waals surface area (Å²) in [4.78, 5) is 14.4. The first-order valence-electron chi connectivity index (χ1n) is 5.16. The summed E-state index contributed by atoms with van der Waals surface area (Å²) in [6.45, 7) is 0. The third-order valence-electron chi connectivity index (χ3n) is 2.43. The molecule has 0 saturated carbocycles. The highest BCUT2D eigenvalue weighted by Gasteiger charge is 2.08. The van der Waals surface area contributed by atoms with Gasteiger partial charge in [-0.3, -0.25) is 0 Å². The van der Waals surface area contributed by atoms with E-state index in [0.717, 1.165) is 11.3 Å². The van der Waals surface area contributed by atoms with Crippen molar-refractivity contribution >= 4 is 11.8 Å². The van der Waals surface area contributed by atoms with Crippen molar-refractivity contribution < 1.29 is 19.1 Å². The Balaban J connectivity index is 2.04. The Labute approximate surface area is 101 Å². The van der Waals surface area contributed by atoms with Crippen molar-refractivity contribution in [2.45, 2.75) is 0 Å². The van der Waals surface area contributed by atoms with Gasteiger partial charge in [0.25, 0.3) is 0 Å². The molecular weight excluding hydrogens is 236 g/mol. The van der Waals surface area contributed by atoms with Gasteiger partial charge in [-0.1, -0.05) is 0 Å². The van der Waals surface area contributed by atoms with Gasteiger partial charge in [0.05, 0.1) is 12.5 Å². The number of furan rings is 1. The molecular formula is C12H8N2O4. The van der Waals surface area contributed by atoms with Crippen molar-refractivity contribution in [2.24, 2.45) is 0 Å². The zero-order chi connectivity index (χ0) is 12.5. The highest BCUT2D eigenvalue weighted by molar-refractivity contribution is 5.62. The lowest BCUT2D eigenvalue weighted by atomic mass is 10.2. The molecule has 3 heterocycles. The van der Waals surface area contributed by atoms with Crippen LogP contribution in [0, 0.1) is 0 Å². The molecule has 6 heteroatoms. The van der Waals surface area contributed by atoms with Crippen LogP contribution in [0.1, 0.15) is 0 Å². The summed E-state index contributed by atoms with van der Waals surface area (Å²) in [7, 11) is 0. The van der Waals surface area contributed by atoms with E-state index >= 15 is 0 Å². The topological polar surface area (TPSA) is 77.0 Å². The molecule has 3 aromatic heterocycles. The fourth-order valence-corrected chi connectivity index (χ4v) is 1.70. The number of hydrogen-bond donors (Lipinski definition) is 1. The van der Waals surface area contributed by atoms with Crippen molar-refractivity contribution in [3.63, 3.8) is 0 Å². The van der Waals surface area contributed by atoms with Crippen LogP contribution in [0.4, 0.5) is 4.79 Å². The predicted octanol–water partition coefficient (Wildman–Crippen LogP) is 2.65. The van der Waals surface area contributed by atoms with Crippen LogP contribution in [0.3, 0.4) is 0 Å². The minimum atomic E-state index is -1.38. The van der Waals surface area contributed by atoms with Crippen LogP contribution in [0.2, 0.25) is 0 Å². The number of fused-ring (bicyclic) bond motifs is 1. The molecule has 0 saturated heterocycles. The monoisotopic (exact) mass is 244 g/mol. The van der Waals surface area contributed by atoms with Crippen molar-refractivity contribution in [2.75, 3.05) is 0 Å². The summed E-state index contributed by atoms with van der Waals surface area (Å²) in [6.07, 6.45) is 3.49. The van der Waals surface area contributed by atoms with Gasteiger partial charge in [0.1, 0.15) is 11.4 Å². The van der Waals surface area contributed by atoms with Gasteiger partial charge in [0, 0.05) is 11.8 Å². The van der Waals surface area contributed by atoms with Gasteiger partial charge in [0.2, 0.25) is 5.88 Å². The largest absolute Gasteiger partial charge is 0.512 e. The Kier molecular flexibility index (Phi) is 2.26. The molecule has 0 amide bonds. The van der Waals surface area contributed by atoms with Crippen molar-refractivity contribution in [3.05, 3.63) is 42.9 Å². The van der Waals surface area contributed by atoms with Crippen LogP contribution in [-0.2, 0) is 0 Å². The van der Waals surface area contributed by atoms with E-state index in [-0.39, 0.29) is 5.88 Å².